The Hall–Kier alpha value is -5.05. The lowest BCUT2D eigenvalue weighted by atomic mass is 9.81. The second-order valence-corrected chi connectivity index (χ2v) is 12.2. The Morgan fingerprint density at radius 3 is 2.40 bits per heavy atom. The summed E-state index contributed by atoms with van der Waals surface area (Å²) in [5.74, 6) is -0.241. The molecule has 3 N–H and O–H groups in total. The molecule has 0 aliphatic rings. The summed E-state index contributed by atoms with van der Waals surface area (Å²) in [7, 11) is 0. The molecule has 0 saturated heterocycles. The van der Waals surface area contributed by atoms with Crippen molar-refractivity contribution in [3.63, 3.8) is 0 Å². The van der Waals surface area contributed by atoms with Gasteiger partial charge in [0.25, 0.3) is 0 Å². The second kappa shape index (κ2) is 13.7. The lowest BCUT2D eigenvalue weighted by Crippen LogP contribution is -2.57. The SMILES string of the molecule is CC(C)(C(=O)Cc1cncn1Cc1ccc(C#N)cc1)C(N)N(Cc1ccccc1C(F)(F)F)C(=S)Nc1ccc2ccccc2c1. The van der Waals surface area contributed by atoms with Crippen molar-refractivity contribution in [1.29, 1.82) is 5.26 Å². The van der Waals surface area contributed by atoms with E-state index < -0.39 is 23.3 Å². The van der Waals surface area contributed by atoms with Crippen molar-refractivity contribution >= 4 is 39.6 Å². The Labute approximate surface area is 276 Å². The molecule has 240 valence electrons. The number of ketones is 1. The van der Waals surface area contributed by atoms with Crippen LogP contribution < -0.4 is 11.1 Å². The van der Waals surface area contributed by atoms with Gasteiger partial charge in [0.05, 0.1) is 35.1 Å². The van der Waals surface area contributed by atoms with Gasteiger partial charge < -0.3 is 20.5 Å². The van der Waals surface area contributed by atoms with Crippen molar-refractivity contribution in [2.24, 2.45) is 11.1 Å². The van der Waals surface area contributed by atoms with Gasteiger partial charge in [-0.05, 0) is 78.3 Å². The number of nitrogens with two attached hydrogens (primary N) is 1. The summed E-state index contributed by atoms with van der Waals surface area (Å²) in [6, 6.07) is 27.9. The summed E-state index contributed by atoms with van der Waals surface area (Å²) in [6.07, 6.45) is -2.50. The smallest absolute Gasteiger partial charge is 0.333 e. The highest BCUT2D eigenvalue weighted by Crippen LogP contribution is 2.34. The van der Waals surface area contributed by atoms with E-state index in [9.17, 15) is 18.0 Å². The topological polar surface area (TPSA) is 100.0 Å². The summed E-state index contributed by atoms with van der Waals surface area (Å²) in [5, 5.41) is 14.3. The minimum Gasteiger partial charge on any atom is -0.333 e. The molecule has 1 atom stereocenters. The number of carbonyl (C=O) groups excluding carboxylic acids is 1. The Balaban J connectivity index is 1.41. The molecule has 0 radical (unpaired) electrons. The highest BCUT2D eigenvalue weighted by molar-refractivity contribution is 7.80. The summed E-state index contributed by atoms with van der Waals surface area (Å²) in [6.45, 7) is 3.48. The van der Waals surface area contributed by atoms with Crippen LogP contribution in [-0.2, 0) is 30.5 Å². The van der Waals surface area contributed by atoms with E-state index >= 15 is 0 Å². The molecule has 0 aliphatic carbocycles. The van der Waals surface area contributed by atoms with Crippen LogP contribution in [0.2, 0.25) is 0 Å². The molecule has 4 aromatic carbocycles. The zero-order valence-corrected chi connectivity index (χ0v) is 26.6. The maximum absolute atomic E-state index is 14.0. The van der Waals surface area contributed by atoms with E-state index in [1.807, 2.05) is 59.2 Å². The monoisotopic (exact) mass is 654 g/mol. The molecule has 0 bridgehead atoms. The number of imidazole rings is 1. The highest BCUT2D eigenvalue weighted by Gasteiger charge is 2.40. The normalized spacial score (nSPS) is 12.4. The number of anilines is 1. The second-order valence-electron chi connectivity index (χ2n) is 11.9. The first-order valence-corrected chi connectivity index (χ1v) is 15.3. The standard InChI is InChI=1S/C36H33F3N6OS/c1-35(2,32(46)18-30-20-42-23-44(30)21-25-13-11-24(19-40)12-14-25)33(41)45(22-28-9-5-6-10-31(28)36(37,38)39)34(47)43-29-16-15-26-7-3-4-8-27(26)17-29/h3-17,20,23,33H,18,21-22,41H2,1-2H3,(H,43,47). The third-order valence-electron chi connectivity index (χ3n) is 8.30. The maximum atomic E-state index is 14.0. The number of Topliss-reactive ketones (excluding diaryl/α,β-unsaturated/α-hetero) is 1. The van der Waals surface area contributed by atoms with Crippen LogP contribution in [0.5, 0.6) is 0 Å². The van der Waals surface area contributed by atoms with Gasteiger partial charge in [0, 0.05) is 37.1 Å². The fourth-order valence-electron chi connectivity index (χ4n) is 5.34. The van der Waals surface area contributed by atoms with Crippen molar-refractivity contribution in [2.75, 3.05) is 5.32 Å². The first kappa shape index (κ1) is 33.3. The fraction of sp³-hybridized carbons (Fsp3) is 0.222. The number of alkyl halides is 3. The van der Waals surface area contributed by atoms with Crippen molar-refractivity contribution in [3.05, 3.63) is 131 Å². The Kier molecular flexibility index (Phi) is 9.75. The maximum Gasteiger partial charge on any atom is 0.416 e. The number of benzene rings is 4. The molecule has 0 spiro atoms. The summed E-state index contributed by atoms with van der Waals surface area (Å²) >= 11 is 5.78. The minimum atomic E-state index is -4.60. The number of thiocarbonyl (C=S) groups is 1. The van der Waals surface area contributed by atoms with Crippen LogP contribution in [-0.4, -0.2) is 31.5 Å². The number of aromatic nitrogens is 2. The van der Waals surface area contributed by atoms with Crippen molar-refractivity contribution in [2.45, 2.75) is 45.7 Å². The summed E-state index contributed by atoms with van der Waals surface area (Å²) in [4.78, 5) is 19.6. The number of nitrogens with one attached hydrogen (secondary N) is 1. The van der Waals surface area contributed by atoms with Gasteiger partial charge in [0.2, 0.25) is 0 Å². The molecule has 0 amide bonds. The van der Waals surface area contributed by atoms with E-state index in [4.69, 9.17) is 23.2 Å². The highest BCUT2D eigenvalue weighted by atomic mass is 32.1. The predicted octanol–water partition coefficient (Wildman–Crippen LogP) is 7.30. The number of fused-ring (bicyclic) bond motifs is 1. The van der Waals surface area contributed by atoms with Gasteiger partial charge in [-0.25, -0.2) is 4.98 Å². The van der Waals surface area contributed by atoms with Crippen LogP contribution in [0.15, 0.2) is 104 Å². The third-order valence-corrected chi connectivity index (χ3v) is 8.63. The van der Waals surface area contributed by atoms with Gasteiger partial charge in [0.1, 0.15) is 5.78 Å². The van der Waals surface area contributed by atoms with Crippen LogP contribution in [0.4, 0.5) is 18.9 Å². The van der Waals surface area contributed by atoms with Gasteiger partial charge in [-0.15, -0.1) is 0 Å². The first-order valence-electron chi connectivity index (χ1n) is 14.9. The molecule has 11 heteroatoms. The molecule has 0 fully saturated rings. The average Bonchev–Trinajstić information content (AvgIpc) is 3.49. The van der Waals surface area contributed by atoms with Gasteiger partial charge in [-0.1, -0.05) is 60.7 Å². The predicted molar refractivity (Wildman–Crippen MR) is 180 cm³/mol. The fourth-order valence-corrected chi connectivity index (χ4v) is 5.64. The molecular formula is C36H33F3N6OS. The van der Waals surface area contributed by atoms with Crippen LogP contribution in [0.25, 0.3) is 10.8 Å². The molecule has 5 aromatic rings. The molecule has 0 aliphatic heterocycles. The quantitative estimate of drug-likeness (QED) is 0.120. The van der Waals surface area contributed by atoms with Crippen LogP contribution in [0.3, 0.4) is 0 Å². The summed E-state index contributed by atoms with van der Waals surface area (Å²) in [5.41, 5.74) is 7.47. The molecule has 0 saturated carbocycles. The molecule has 7 nitrogen and oxygen atoms in total. The lowest BCUT2D eigenvalue weighted by Gasteiger charge is -2.40. The van der Waals surface area contributed by atoms with E-state index in [0.717, 1.165) is 22.4 Å². The summed E-state index contributed by atoms with van der Waals surface area (Å²) < 4.78 is 43.9. The van der Waals surface area contributed by atoms with Crippen molar-refractivity contribution in [1.82, 2.24) is 14.5 Å². The number of rotatable bonds is 10. The van der Waals surface area contributed by atoms with Crippen LogP contribution in [0.1, 0.15) is 41.8 Å². The zero-order chi connectivity index (χ0) is 33.8. The Morgan fingerprint density at radius 2 is 1.70 bits per heavy atom. The minimum absolute atomic E-state index is 0.0190. The van der Waals surface area contributed by atoms with Gasteiger partial charge in [0.15, 0.2) is 5.11 Å². The van der Waals surface area contributed by atoms with E-state index in [0.29, 0.717) is 23.5 Å². The zero-order valence-electron chi connectivity index (χ0n) is 25.8. The Morgan fingerprint density at radius 1 is 1.02 bits per heavy atom. The Bertz CT molecular complexity index is 1950. The van der Waals surface area contributed by atoms with Crippen molar-refractivity contribution < 1.29 is 18.0 Å². The number of nitriles is 1. The number of hydrogen-bond acceptors (Lipinski definition) is 5. The molecule has 1 aromatic heterocycles. The van der Waals surface area contributed by atoms with Crippen molar-refractivity contribution in [3.8, 4) is 6.07 Å². The van der Waals surface area contributed by atoms with Gasteiger partial charge in [-0.2, -0.15) is 18.4 Å². The van der Waals surface area contributed by atoms with E-state index in [2.05, 4.69) is 16.4 Å². The molecular weight excluding hydrogens is 621 g/mol. The number of carbonyl (C=O) groups is 1. The first-order chi connectivity index (χ1) is 22.4. The molecule has 1 unspecified atom stereocenters. The number of nitrogens with zero attached hydrogens (tertiary/aromatic N) is 4. The molecule has 5 rings (SSSR count). The molecule has 47 heavy (non-hydrogen) atoms. The van der Waals surface area contributed by atoms with Gasteiger partial charge in [-0.3, -0.25) is 4.79 Å². The van der Waals surface area contributed by atoms with E-state index in [1.165, 1.54) is 23.1 Å². The van der Waals surface area contributed by atoms with Crippen LogP contribution in [0, 0.1) is 16.7 Å². The van der Waals surface area contributed by atoms with Gasteiger partial charge >= 0.3 is 6.18 Å². The average molecular weight is 655 g/mol. The third kappa shape index (κ3) is 7.68. The number of halogens is 3. The lowest BCUT2D eigenvalue weighted by molar-refractivity contribution is -0.138. The van der Waals surface area contributed by atoms with E-state index in [-0.39, 0.29) is 29.4 Å². The number of hydrogen-bond donors (Lipinski definition) is 2. The van der Waals surface area contributed by atoms with E-state index in [1.54, 1.807) is 38.5 Å². The molecule has 1 heterocycles. The largest absolute Gasteiger partial charge is 0.416 e. The van der Waals surface area contributed by atoms with Crippen LogP contribution >= 0.6 is 12.2 Å².